The Morgan fingerprint density at radius 1 is 1.73 bits per heavy atom. The van der Waals surface area contributed by atoms with Crippen LogP contribution in [0.2, 0.25) is 0 Å². The summed E-state index contributed by atoms with van der Waals surface area (Å²) in [6.45, 7) is 3.56. The fraction of sp³-hybridized carbons (Fsp3) is 0.571. The van der Waals surface area contributed by atoms with Crippen molar-refractivity contribution in [3.63, 3.8) is 0 Å². The number of rotatable bonds is 4. The van der Waals surface area contributed by atoms with E-state index in [4.69, 9.17) is 4.74 Å². The van der Waals surface area contributed by atoms with Crippen molar-refractivity contribution in [1.29, 1.82) is 0 Å². The third kappa shape index (κ3) is 2.86. The van der Waals surface area contributed by atoms with Crippen molar-refractivity contribution in [1.82, 2.24) is 4.37 Å². The zero-order valence-corrected chi connectivity index (χ0v) is 7.57. The summed E-state index contributed by atoms with van der Waals surface area (Å²) >= 11 is 1.48. The minimum atomic E-state index is 0.733. The highest BCUT2D eigenvalue weighted by Gasteiger charge is 1.94. The Bertz CT molecular complexity index is 212. The average molecular weight is 172 g/mol. The maximum absolute atomic E-state index is 4.89. The lowest BCUT2D eigenvalue weighted by molar-refractivity contribution is 0.211. The maximum atomic E-state index is 4.89. The molecule has 1 rings (SSSR count). The SMILES string of the molecule is COCCNc1cc(C)ns1. The van der Waals surface area contributed by atoms with Gasteiger partial charge in [0.05, 0.1) is 12.3 Å². The Hall–Kier alpha value is -0.610. The summed E-state index contributed by atoms with van der Waals surface area (Å²) in [5, 5.41) is 4.31. The van der Waals surface area contributed by atoms with E-state index in [1.54, 1.807) is 7.11 Å². The van der Waals surface area contributed by atoms with Crippen LogP contribution in [-0.2, 0) is 4.74 Å². The van der Waals surface area contributed by atoms with Gasteiger partial charge < -0.3 is 10.1 Å². The van der Waals surface area contributed by atoms with Crippen molar-refractivity contribution in [2.75, 3.05) is 25.6 Å². The lowest BCUT2D eigenvalue weighted by Crippen LogP contribution is -2.05. The molecule has 11 heavy (non-hydrogen) atoms. The van der Waals surface area contributed by atoms with Gasteiger partial charge in [-0.05, 0) is 24.5 Å². The molecule has 0 aliphatic rings. The first-order chi connectivity index (χ1) is 5.33. The molecular weight excluding hydrogens is 160 g/mol. The van der Waals surface area contributed by atoms with Gasteiger partial charge in [-0.1, -0.05) is 0 Å². The standard InChI is InChI=1S/C7H12N2OS/c1-6-5-7(11-9-6)8-3-4-10-2/h5,8H,3-4H2,1-2H3. The van der Waals surface area contributed by atoms with Crippen LogP contribution in [0.15, 0.2) is 6.07 Å². The van der Waals surface area contributed by atoms with Crippen LogP contribution < -0.4 is 5.32 Å². The second-order valence-electron chi connectivity index (χ2n) is 2.25. The fourth-order valence-corrected chi connectivity index (χ4v) is 1.41. The fourth-order valence-electron chi connectivity index (χ4n) is 0.723. The van der Waals surface area contributed by atoms with Gasteiger partial charge in [0.25, 0.3) is 0 Å². The zero-order valence-electron chi connectivity index (χ0n) is 6.76. The molecule has 0 atom stereocenters. The van der Waals surface area contributed by atoms with Gasteiger partial charge in [0.15, 0.2) is 0 Å². The van der Waals surface area contributed by atoms with E-state index in [0.717, 1.165) is 23.8 Å². The van der Waals surface area contributed by atoms with Gasteiger partial charge in [0.1, 0.15) is 5.00 Å². The van der Waals surface area contributed by atoms with Crippen molar-refractivity contribution in [3.05, 3.63) is 11.8 Å². The highest BCUT2D eigenvalue weighted by Crippen LogP contribution is 2.14. The highest BCUT2D eigenvalue weighted by molar-refractivity contribution is 7.10. The number of methoxy groups -OCH3 is 1. The van der Waals surface area contributed by atoms with Gasteiger partial charge in [0.2, 0.25) is 0 Å². The average Bonchev–Trinajstić information content (AvgIpc) is 2.37. The molecule has 1 heterocycles. The molecule has 0 aromatic carbocycles. The van der Waals surface area contributed by atoms with E-state index in [2.05, 4.69) is 9.69 Å². The number of nitrogens with zero attached hydrogens (tertiary/aromatic N) is 1. The minimum absolute atomic E-state index is 0.733. The van der Waals surface area contributed by atoms with E-state index in [0.29, 0.717) is 0 Å². The third-order valence-corrected chi connectivity index (χ3v) is 2.07. The molecule has 0 aliphatic carbocycles. The molecule has 1 aromatic rings. The van der Waals surface area contributed by atoms with E-state index in [9.17, 15) is 0 Å². The number of hydrogen-bond donors (Lipinski definition) is 1. The summed E-state index contributed by atoms with van der Waals surface area (Å²) in [5.74, 6) is 0. The number of ether oxygens (including phenoxy) is 1. The molecule has 0 saturated heterocycles. The first-order valence-corrected chi connectivity index (χ1v) is 4.26. The predicted octanol–water partition coefficient (Wildman–Crippen LogP) is 1.51. The van der Waals surface area contributed by atoms with Crippen molar-refractivity contribution >= 4 is 16.5 Å². The van der Waals surface area contributed by atoms with E-state index in [-0.39, 0.29) is 0 Å². The van der Waals surface area contributed by atoms with Crippen LogP contribution in [0.4, 0.5) is 5.00 Å². The van der Waals surface area contributed by atoms with E-state index < -0.39 is 0 Å². The molecule has 0 radical (unpaired) electrons. The molecular formula is C7H12N2OS. The third-order valence-electron chi connectivity index (χ3n) is 1.23. The predicted molar refractivity (Wildman–Crippen MR) is 47.2 cm³/mol. The van der Waals surface area contributed by atoms with E-state index >= 15 is 0 Å². The Kier molecular flexibility index (Phi) is 3.32. The quantitative estimate of drug-likeness (QED) is 0.699. The molecule has 0 spiro atoms. The van der Waals surface area contributed by atoms with Gasteiger partial charge in [-0.3, -0.25) is 0 Å². The lowest BCUT2D eigenvalue weighted by Gasteiger charge is -1.99. The summed E-state index contributed by atoms with van der Waals surface area (Å²) in [4.78, 5) is 0. The second-order valence-corrected chi connectivity index (χ2v) is 3.06. The van der Waals surface area contributed by atoms with Crippen LogP contribution in [0.5, 0.6) is 0 Å². The molecule has 1 N–H and O–H groups in total. The normalized spacial score (nSPS) is 10.0. The van der Waals surface area contributed by atoms with Gasteiger partial charge in [-0.15, -0.1) is 0 Å². The van der Waals surface area contributed by atoms with Crippen LogP contribution in [0.25, 0.3) is 0 Å². The summed E-state index contributed by atoms with van der Waals surface area (Å²) in [7, 11) is 1.69. The molecule has 0 fully saturated rings. The summed E-state index contributed by atoms with van der Waals surface area (Å²) in [6, 6.07) is 2.03. The van der Waals surface area contributed by atoms with Gasteiger partial charge in [0, 0.05) is 13.7 Å². The van der Waals surface area contributed by atoms with Crippen molar-refractivity contribution in [3.8, 4) is 0 Å². The number of aryl methyl sites for hydroxylation is 1. The second kappa shape index (κ2) is 4.31. The molecule has 0 aliphatic heterocycles. The van der Waals surface area contributed by atoms with Crippen molar-refractivity contribution in [2.24, 2.45) is 0 Å². The first-order valence-electron chi connectivity index (χ1n) is 3.49. The maximum Gasteiger partial charge on any atom is 0.109 e. The number of anilines is 1. The lowest BCUT2D eigenvalue weighted by atomic mass is 10.5. The molecule has 0 bridgehead atoms. The Labute approximate surface area is 70.6 Å². The molecule has 1 aromatic heterocycles. The Morgan fingerprint density at radius 2 is 2.55 bits per heavy atom. The number of aromatic nitrogens is 1. The van der Waals surface area contributed by atoms with Gasteiger partial charge >= 0.3 is 0 Å². The molecule has 0 saturated carbocycles. The smallest absolute Gasteiger partial charge is 0.109 e. The van der Waals surface area contributed by atoms with Crippen LogP contribution in [0.1, 0.15) is 5.69 Å². The molecule has 3 nitrogen and oxygen atoms in total. The van der Waals surface area contributed by atoms with Crippen molar-refractivity contribution < 1.29 is 4.74 Å². The van der Waals surface area contributed by atoms with Gasteiger partial charge in [-0.25, -0.2) is 0 Å². The largest absolute Gasteiger partial charge is 0.383 e. The Balaban J connectivity index is 2.27. The van der Waals surface area contributed by atoms with E-state index in [1.165, 1.54) is 11.5 Å². The van der Waals surface area contributed by atoms with Crippen molar-refractivity contribution in [2.45, 2.75) is 6.92 Å². The highest BCUT2D eigenvalue weighted by atomic mass is 32.1. The number of nitrogens with one attached hydrogen (secondary N) is 1. The van der Waals surface area contributed by atoms with Crippen LogP contribution in [-0.4, -0.2) is 24.6 Å². The molecule has 0 amide bonds. The zero-order chi connectivity index (χ0) is 8.10. The Morgan fingerprint density at radius 3 is 3.09 bits per heavy atom. The van der Waals surface area contributed by atoms with Crippen LogP contribution in [0.3, 0.4) is 0 Å². The first kappa shape index (κ1) is 8.49. The van der Waals surface area contributed by atoms with E-state index in [1.807, 2.05) is 13.0 Å². The monoisotopic (exact) mass is 172 g/mol. The van der Waals surface area contributed by atoms with Crippen LogP contribution in [0, 0.1) is 6.92 Å². The summed E-state index contributed by atoms with van der Waals surface area (Å²) < 4.78 is 9.03. The van der Waals surface area contributed by atoms with Crippen LogP contribution >= 0.6 is 11.5 Å². The van der Waals surface area contributed by atoms with Gasteiger partial charge in [-0.2, -0.15) is 4.37 Å². The summed E-state index contributed by atoms with van der Waals surface area (Å²) in [5.41, 5.74) is 1.06. The molecule has 0 unspecified atom stereocenters. The topological polar surface area (TPSA) is 34.1 Å². The minimum Gasteiger partial charge on any atom is -0.383 e. The number of hydrogen-bond acceptors (Lipinski definition) is 4. The summed E-state index contributed by atoms with van der Waals surface area (Å²) in [6.07, 6.45) is 0. The molecule has 4 heteroatoms. The molecule has 62 valence electrons.